The molecule has 2 aromatic rings. The number of urea groups is 1. The number of aromatic nitrogens is 1. The van der Waals surface area contributed by atoms with Gasteiger partial charge < -0.3 is 15.5 Å². The van der Waals surface area contributed by atoms with Crippen molar-refractivity contribution in [2.45, 2.75) is 19.8 Å². The van der Waals surface area contributed by atoms with Crippen LogP contribution >= 0.6 is 0 Å². The van der Waals surface area contributed by atoms with Gasteiger partial charge in [0.25, 0.3) is 5.69 Å². The van der Waals surface area contributed by atoms with Crippen LogP contribution in [0.2, 0.25) is 0 Å². The fourth-order valence-electron chi connectivity index (χ4n) is 3.16. The van der Waals surface area contributed by atoms with Crippen LogP contribution in [-0.4, -0.2) is 35.6 Å². The first-order valence-corrected chi connectivity index (χ1v) is 8.98. The maximum atomic E-state index is 12.1. The minimum Gasteiger partial charge on any atom is -0.356 e. The van der Waals surface area contributed by atoms with Crippen LogP contribution in [0.1, 0.15) is 18.4 Å². The molecule has 2 N–H and O–H groups in total. The van der Waals surface area contributed by atoms with Gasteiger partial charge in [-0.25, -0.2) is 9.78 Å². The Morgan fingerprint density at radius 1 is 1.30 bits per heavy atom. The highest BCUT2D eigenvalue weighted by atomic mass is 16.6. The van der Waals surface area contributed by atoms with Gasteiger partial charge in [0.15, 0.2) is 0 Å². The van der Waals surface area contributed by atoms with Crippen LogP contribution in [0.25, 0.3) is 0 Å². The SMILES string of the molecule is Cc1ccc(NC(=O)NCC2CCCN(c3ccc([N+](=O)[O-])cn3)C2)cc1. The van der Waals surface area contributed by atoms with Gasteiger partial charge in [0.1, 0.15) is 12.0 Å². The molecule has 8 heteroatoms. The lowest BCUT2D eigenvalue weighted by molar-refractivity contribution is -0.385. The molecule has 0 bridgehead atoms. The third-order valence-electron chi connectivity index (χ3n) is 4.65. The number of aryl methyl sites for hydroxylation is 1. The highest BCUT2D eigenvalue weighted by Gasteiger charge is 2.22. The second kappa shape index (κ2) is 8.48. The van der Waals surface area contributed by atoms with E-state index in [9.17, 15) is 14.9 Å². The molecule has 142 valence electrons. The fourth-order valence-corrected chi connectivity index (χ4v) is 3.16. The summed E-state index contributed by atoms with van der Waals surface area (Å²) in [5.41, 5.74) is 1.89. The maximum absolute atomic E-state index is 12.1. The first-order chi connectivity index (χ1) is 13.0. The lowest BCUT2D eigenvalue weighted by Gasteiger charge is -2.33. The van der Waals surface area contributed by atoms with Crippen LogP contribution in [0.3, 0.4) is 0 Å². The van der Waals surface area contributed by atoms with Crippen molar-refractivity contribution in [1.82, 2.24) is 10.3 Å². The average Bonchev–Trinajstić information content (AvgIpc) is 2.68. The summed E-state index contributed by atoms with van der Waals surface area (Å²) in [7, 11) is 0. The Kier molecular flexibility index (Phi) is 5.85. The molecule has 27 heavy (non-hydrogen) atoms. The monoisotopic (exact) mass is 369 g/mol. The minimum absolute atomic E-state index is 0.0123. The van der Waals surface area contributed by atoms with Crippen molar-refractivity contribution in [1.29, 1.82) is 0 Å². The molecular formula is C19H23N5O3. The summed E-state index contributed by atoms with van der Waals surface area (Å²) in [4.78, 5) is 28.7. The van der Waals surface area contributed by atoms with E-state index >= 15 is 0 Å². The van der Waals surface area contributed by atoms with E-state index in [4.69, 9.17) is 0 Å². The van der Waals surface area contributed by atoms with Crippen LogP contribution in [0.4, 0.5) is 22.0 Å². The van der Waals surface area contributed by atoms with E-state index < -0.39 is 4.92 Å². The van der Waals surface area contributed by atoms with Crippen molar-refractivity contribution >= 4 is 23.2 Å². The van der Waals surface area contributed by atoms with Gasteiger partial charge in [-0.2, -0.15) is 0 Å². The van der Waals surface area contributed by atoms with E-state index in [2.05, 4.69) is 20.5 Å². The predicted molar refractivity (Wildman–Crippen MR) is 104 cm³/mol. The number of benzene rings is 1. The van der Waals surface area contributed by atoms with Gasteiger partial charge in [0.2, 0.25) is 0 Å². The van der Waals surface area contributed by atoms with E-state index in [1.165, 1.54) is 12.3 Å². The predicted octanol–water partition coefficient (Wildman–Crippen LogP) is 3.34. The first-order valence-electron chi connectivity index (χ1n) is 8.98. The number of carbonyl (C=O) groups is 1. The Bertz CT molecular complexity index is 792. The molecule has 1 saturated heterocycles. The van der Waals surface area contributed by atoms with Gasteiger partial charge in [-0.3, -0.25) is 10.1 Å². The second-order valence-corrected chi connectivity index (χ2v) is 6.79. The summed E-state index contributed by atoms with van der Waals surface area (Å²) in [5, 5.41) is 16.5. The molecule has 0 spiro atoms. The Morgan fingerprint density at radius 3 is 2.74 bits per heavy atom. The average molecular weight is 369 g/mol. The molecule has 1 aliphatic heterocycles. The number of amides is 2. The number of hydrogen-bond acceptors (Lipinski definition) is 5. The molecule has 1 aromatic heterocycles. The fraction of sp³-hybridized carbons (Fsp3) is 0.368. The number of rotatable bonds is 5. The molecule has 0 saturated carbocycles. The van der Waals surface area contributed by atoms with Crippen molar-refractivity contribution in [2.75, 3.05) is 29.9 Å². The van der Waals surface area contributed by atoms with Crippen molar-refractivity contribution in [3.63, 3.8) is 0 Å². The first kappa shape index (κ1) is 18.6. The van der Waals surface area contributed by atoms with Gasteiger partial charge >= 0.3 is 6.03 Å². The quantitative estimate of drug-likeness (QED) is 0.622. The largest absolute Gasteiger partial charge is 0.356 e. The molecular weight excluding hydrogens is 346 g/mol. The summed E-state index contributed by atoms with van der Waals surface area (Å²) >= 11 is 0. The molecule has 1 aliphatic rings. The number of nitrogens with zero attached hydrogens (tertiary/aromatic N) is 3. The van der Waals surface area contributed by atoms with E-state index in [-0.39, 0.29) is 11.7 Å². The number of anilines is 2. The maximum Gasteiger partial charge on any atom is 0.319 e. The molecule has 1 fully saturated rings. The third-order valence-corrected chi connectivity index (χ3v) is 4.65. The Balaban J connectivity index is 1.49. The Labute approximate surface area is 157 Å². The van der Waals surface area contributed by atoms with Crippen LogP contribution in [0.5, 0.6) is 0 Å². The van der Waals surface area contributed by atoms with Crippen molar-refractivity contribution in [3.05, 3.63) is 58.3 Å². The van der Waals surface area contributed by atoms with Crippen LogP contribution in [-0.2, 0) is 0 Å². The molecule has 1 atom stereocenters. The smallest absolute Gasteiger partial charge is 0.319 e. The van der Waals surface area contributed by atoms with Crippen molar-refractivity contribution in [3.8, 4) is 0 Å². The summed E-state index contributed by atoms with van der Waals surface area (Å²) in [5.74, 6) is 1.04. The van der Waals surface area contributed by atoms with Gasteiger partial charge in [-0.1, -0.05) is 17.7 Å². The van der Waals surface area contributed by atoms with Crippen molar-refractivity contribution < 1.29 is 9.72 Å². The molecule has 2 heterocycles. The summed E-state index contributed by atoms with van der Waals surface area (Å²) < 4.78 is 0. The third kappa shape index (κ3) is 5.16. The van der Waals surface area contributed by atoms with Crippen LogP contribution < -0.4 is 15.5 Å². The zero-order valence-corrected chi connectivity index (χ0v) is 15.2. The van der Waals surface area contributed by atoms with Gasteiger partial charge in [-0.05, 0) is 43.9 Å². The van der Waals surface area contributed by atoms with Crippen LogP contribution in [0.15, 0.2) is 42.6 Å². The van der Waals surface area contributed by atoms with E-state index in [1.807, 2.05) is 31.2 Å². The highest BCUT2D eigenvalue weighted by molar-refractivity contribution is 5.89. The highest BCUT2D eigenvalue weighted by Crippen LogP contribution is 2.22. The number of nitro groups is 1. The van der Waals surface area contributed by atoms with Crippen molar-refractivity contribution in [2.24, 2.45) is 5.92 Å². The Hall–Kier alpha value is -3.16. The van der Waals surface area contributed by atoms with E-state index in [0.717, 1.165) is 43.0 Å². The normalized spacial score (nSPS) is 16.6. The molecule has 3 rings (SSSR count). The summed E-state index contributed by atoms with van der Waals surface area (Å²) in [6.07, 6.45) is 3.30. The zero-order chi connectivity index (χ0) is 19.2. The topological polar surface area (TPSA) is 100 Å². The molecule has 2 amide bonds. The number of hydrogen-bond donors (Lipinski definition) is 2. The van der Waals surface area contributed by atoms with Crippen LogP contribution in [0, 0.1) is 23.0 Å². The minimum atomic E-state index is -0.452. The Morgan fingerprint density at radius 2 is 2.07 bits per heavy atom. The molecule has 1 unspecified atom stereocenters. The molecule has 8 nitrogen and oxygen atoms in total. The summed E-state index contributed by atoms with van der Waals surface area (Å²) in [6, 6.07) is 10.6. The van der Waals surface area contributed by atoms with E-state index in [0.29, 0.717) is 12.5 Å². The van der Waals surface area contributed by atoms with E-state index in [1.54, 1.807) is 6.07 Å². The molecule has 1 aromatic carbocycles. The number of carbonyl (C=O) groups excluding carboxylic acids is 1. The number of nitrogens with one attached hydrogen (secondary N) is 2. The van der Waals surface area contributed by atoms with Gasteiger partial charge in [0.05, 0.1) is 4.92 Å². The zero-order valence-electron chi connectivity index (χ0n) is 15.2. The molecule has 0 aliphatic carbocycles. The second-order valence-electron chi connectivity index (χ2n) is 6.79. The lowest BCUT2D eigenvalue weighted by Crippen LogP contribution is -2.42. The number of piperidine rings is 1. The lowest BCUT2D eigenvalue weighted by atomic mass is 9.98. The standard InChI is InChI=1S/C19H23N5O3/c1-14-4-6-16(7-5-14)22-19(25)21-11-15-3-2-10-23(13-15)18-9-8-17(12-20-18)24(26)27/h4-9,12,15H,2-3,10-11,13H2,1H3,(H2,21,22,25). The van der Waals surface area contributed by atoms with Gasteiger partial charge in [-0.15, -0.1) is 0 Å². The summed E-state index contributed by atoms with van der Waals surface area (Å²) in [6.45, 7) is 4.19. The molecule has 0 radical (unpaired) electrons. The number of pyridine rings is 1. The van der Waals surface area contributed by atoms with Gasteiger partial charge in [0, 0.05) is 31.4 Å².